The predicted octanol–water partition coefficient (Wildman–Crippen LogP) is 2.74. The fraction of sp³-hybridized carbons (Fsp3) is 0.588. The summed E-state index contributed by atoms with van der Waals surface area (Å²) < 4.78 is 33.0. The highest BCUT2D eigenvalue weighted by Gasteiger charge is 2.42. The first kappa shape index (κ1) is 17.9. The number of sulfonamides is 1. The van der Waals surface area contributed by atoms with Crippen LogP contribution < -0.4 is 0 Å². The second-order valence-electron chi connectivity index (χ2n) is 6.30. The van der Waals surface area contributed by atoms with Crippen LogP contribution >= 0.6 is 0 Å². The standard InChI is InChI=1S/C17H25NO4S/c1-5-10-18(17-13(3)11-16(19)22-14(17)4)23(20,21)15-8-6-12(2)7-9-15/h6-9,13-14,17H,5,10-11H2,1-4H3/t13-,14-,17+/m1/s1. The molecule has 5 nitrogen and oxygen atoms in total. The highest BCUT2D eigenvalue weighted by atomic mass is 32.2. The van der Waals surface area contributed by atoms with Crippen molar-refractivity contribution in [2.24, 2.45) is 5.92 Å². The molecule has 1 aliphatic heterocycles. The number of carbonyl (C=O) groups is 1. The number of esters is 1. The van der Waals surface area contributed by atoms with Gasteiger partial charge in [0.25, 0.3) is 0 Å². The van der Waals surface area contributed by atoms with Gasteiger partial charge in [0.15, 0.2) is 0 Å². The SMILES string of the molecule is CCCN([C@H]1[C@H](C)CC(=O)O[C@@H]1C)S(=O)(=O)c1ccc(C)cc1. The van der Waals surface area contributed by atoms with Gasteiger partial charge >= 0.3 is 5.97 Å². The Balaban J connectivity index is 2.40. The van der Waals surface area contributed by atoms with Crippen LogP contribution in [0.5, 0.6) is 0 Å². The van der Waals surface area contributed by atoms with E-state index in [1.54, 1.807) is 31.2 Å². The number of nitrogens with zero attached hydrogens (tertiary/aromatic N) is 1. The van der Waals surface area contributed by atoms with E-state index in [-0.39, 0.29) is 29.2 Å². The maximum atomic E-state index is 13.1. The molecule has 0 N–H and O–H groups in total. The summed E-state index contributed by atoms with van der Waals surface area (Å²) in [5.41, 5.74) is 1.01. The Bertz CT molecular complexity index is 640. The Morgan fingerprint density at radius 2 is 1.83 bits per heavy atom. The number of aryl methyl sites for hydroxylation is 1. The van der Waals surface area contributed by atoms with Gasteiger partial charge in [0, 0.05) is 13.0 Å². The van der Waals surface area contributed by atoms with Crippen LogP contribution in [0.15, 0.2) is 29.2 Å². The summed E-state index contributed by atoms with van der Waals surface area (Å²) >= 11 is 0. The van der Waals surface area contributed by atoms with Gasteiger partial charge < -0.3 is 4.74 Å². The van der Waals surface area contributed by atoms with Gasteiger partial charge in [-0.1, -0.05) is 31.5 Å². The van der Waals surface area contributed by atoms with Crippen molar-refractivity contribution >= 4 is 16.0 Å². The van der Waals surface area contributed by atoms with Crippen LogP contribution in [-0.2, 0) is 19.6 Å². The summed E-state index contributed by atoms with van der Waals surface area (Å²) in [6, 6.07) is 6.53. The Labute approximate surface area is 138 Å². The van der Waals surface area contributed by atoms with E-state index in [1.165, 1.54) is 4.31 Å². The number of hydrogen-bond acceptors (Lipinski definition) is 4. The van der Waals surface area contributed by atoms with Crippen molar-refractivity contribution in [3.05, 3.63) is 29.8 Å². The molecular formula is C17H25NO4S. The first-order valence-electron chi connectivity index (χ1n) is 8.05. The van der Waals surface area contributed by atoms with Crippen molar-refractivity contribution in [2.75, 3.05) is 6.54 Å². The van der Waals surface area contributed by atoms with Crippen LogP contribution in [0.3, 0.4) is 0 Å². The van der Waals surface area contributed by atoms with E-state index in [2.05, 4.69) is 0 Å². The fourth-order valence-corrected chi connectivity index (χ4v) is 5.06. The van der Waals surface area contributed by atoms with E-state index in [0.717, 1.165) is 5.56 Å². The Morgan fingerprint density at radius 3 is 2.35 bits per heavy atom. The third kappa shape index (κ3) is 3.75. The zero-order valence-corrected chi connectivity index (χ0v) is 15.0. The second kappa shape index (κ2) is 7.01. The minimum Gasteiger partial charge on any atom is -0.461 e. The summed E-state index contributed by atoms with van der Waals surface area (Å²) in [7, 11) is -3.62. The quantitative estimate of drug-likeness (QED) is 0.774. The van der Waals surface area contributed by atoms with Crippen LogP contribution in [0.2, 0.25) is 0 Å². The molecule has 1 saturated heterocycles. The normalized spacial score (nSPS) is 25.4. The summed E-state index contributed by atoms with van der Waals surface area (Å²) in [6.07, 6.45) is 0.506. The number of cyclic esters (lactones) is 1. The molecule has 6 heteroatoms. The van der Waals surface area contributed by atoms with Gasteiger partial charge in [-0.15, -0.1) is 0 Å². The lowest BCUT2D eigenvalue weighted by atomic mass is 9.91. The first-order valence-corrected chi connectivity index (χ1v) is 9.49. The van der Waals surface area contributed by atoms with Gasteiger partial charge in [0.1, 0.15) is 6.10 Å². The molecule has 0 unspecified atom stereocenters. The molecule has 3 atom stereocenters. The molecule has 1 fully saturated rings. The molecule has 1 heterocycles. The molecule has 0 amide bonds. The van der Waals surface area contributed by atoms with Gasteiger partial charge in [-0.3, -0.25) is 4.79 Å². The van der Waals surface area contributed by atoms with Crippen molar-refractivity contribution in [3.8, 4) is 0 Å². The van der Waals surface area contributed by atoms with E-state index < -0.39 is 16.1 Å². The summed E-state index contributed by atoms with van der Waals surface area (Å²) in [5, 5.41) is 0. The van der Waals surface area contributed by atoms with Crippen molar-refractivity contribution < 1.29 is 17.9 Å². The molecule has 128 valence electrons. The maximum absolute atomic E-state index is 13.1. The van der Waals surface area contributed by atoms with E-state index in [1.807, 2.05) is 20.8 Å². The fourth-order valence-electron chi connectivity index (χ4n) is 3.18. The van der Waals surface area contributed by atoms with E-state index in [4.69, 9.17) is 4.74 Å². The van der Waals surface area contributed by atoms with Crippen LogP contribution in [-0.4, -0.2) is 37.4 Å². The van der Waals surface area contributed by atoms with Gasteiger partial charge in [-0.25, -0.2) is 8.42 Å². The minimum atomic E-state index is -3.62. The molecule has 2 rings (SSSR count). The lowest BCUT2D eigenvalue weighted by molar-refractivity contribution is -0.160. The lowest BCUT2D eigenvalue weighted by Crippen LogP contribution is -2.54. The van der Waals surface area contributed by atoms with E-state index in [9.17, 15) is 13.2 Å². The van der Waals surface area contributed by atoms with Crippen molar-refractivity contribution in [1.29, 1.82) is 0 Å². The van der Waals surface area contributed by atoms with Crippen molar-refractivity contribution in [2.45, 2.75) is 57.6 Å². The van der Waals surface area contributed by atoms with Gasteiger partial charge in [-0.2, -0.15) is 4.31 Å². The maximum Gasteiger partial charge on any atom is 0.306 e. The molecule has 0 aromatic heterocycles. The third-order valence-electron chi connectivity index (χ3n) is 4.27. The lowest BCUT2D eigenvalue weighted by Gasteiger charge is -2.40. The Morgan fingerprint density at radius 1 is 1.22 bits per heavy atom. The zero-order chi connectivity index (χ0) is 17.2. The van der Waals surface area contributed by atoms with Crippen LogP contribution in [0, 0.1) is 12.8 Å². The largest absolute Gasteiger partial charge is 0.461 e. The molecule has 1 aromatic rings. The predicted molar refractivity (Wildman–Crippen MR) is 88.5 cm³/mol. The molecule has 1 aromatic carbocycles. The molecule has 0 spiro atoms. The zero-order valence-electron chi connectivity index (χ0n) is 14.2. The summed E-state index contributed by atoms with van der Waals surface area (Å²) in [4.78, 5) is 11.9. The molecule has 23 heavy (non-hydrogen) atoms. The van der Waals surface area contributed by atoms with Gasteiger partial charge in [0.2, 0.25) is 10.0 Å². The smallest absolute Gasteiger partial charge is 0.306 e. The van der Waals surface area contributed by atoms with Gasteiger partial charge in [0.05, 0.1) is 10.9 Å². The molecule has 0 saturated carbocycles. The summed E-state index contributed by atoms with van der Waals surface area (Å²) in [6.45, 7) is 7.96. The monoisotopic (exact) mass is 339 g/mol. The van der Waals surface area contributed by atoms with Crippen LogP contribution in [0.1, 0.15) is 39.2 Å². The number of carbonyl (C=O) groups excluding carboxylic acids is 1. The van der Waals surface area contributed by atoms with Crippen LogP contribution in [0.25, 0.3) is 0 Å². The molecule has 0 aliphatic carbocycles. The highest BCUT2D eigenvalue weighted by Crippen LogP contribution is 2.30. The average molecular weight is 339 g/mol. The average Bonchev–Trinajstić information content (AvgIpc) is 2.45. The summed E-state index contributed by atoms with van der Waals surface area (Å²) in [5.74, 6) is -0.330. The third-order valence-corrected chi connectivity index (χ3v) is 6.19. The highest BCUT2D eigenvalue weighted by molar-refractivity contribution is 7.89. The second-order valence-corrected chi connectivity index (χ2v) is 8.19. The molecule has 0 radical (unpaired) electrons. The number of rotatable bonds is 5. The number of ether oxygens (including phenoxy) is 1. The molecule has 1 aliphatic rings. The Hall–Kier alpha value is -1.40. The minimum absolute atomic E-state index is 0.0713. The van der Waals surface area contributed by atoms with E-state index >= 15 is 0 Å². The Kier molecular flexibility index (Phi) is 5.47. The molecular weight excluding hydrogens is 314 g/mol. The number of hydrogen-bond donors (Lipinski definition) is 0. The van der Waals surface area contributed by atoms with Crippen LogP contribution in [0.4, 0.5) is 0 Å². The van der Waals surface area contributed by atoms with Gasteiger partial charge in [-0.05, 0) is 38.3 Å². The van der Waals surface area contributed by atoms with Crippen molar-refractivity contribution in [1.82, 2.24) is 4.31 Å². The van der Waals surface area contributed by atoms with Crippen molar-refractivity contribution in [3.63, 3.8) is 0 Å². The topological polar surface area (TPSA) is 63.7 Å². The van der Waals surface area contributed by atoms with E-state index in [0.29, 0.717) is 13.0 Å². The number of benzene rings is 1. The molecule has 0 bridgehead atoms. The first-order chi connectivity index (χ1) is 10.8.